The number of hydrogen-bond acceptors (Lipinski definition) is 5. The number of carbonyl (C=O) groups excluding carboxylic acids is 1. The molecular formula is C20H21N3O4S2. The molecule has 3 rings (SSSR count). The number of rotatable bonds is 8. The SMILES string of the molecule is C=CCNC(=O)c1ccccc1NS(=O)(=O)c1ccc2c(c1)sc(=O)n2CCC. The Morgan fingerprint density at radius 3 is 2.72 bits per heavy atom. The maximum absolute atomic E-state index is 12.9. The summed E-state index contributed by atoms with van der Waals surface area (Å²) in [6.45, 7) is 6.36. The fourth-order valence-corrected chi connectivity index (χ4v) is 5.02. The highest BCUT2D eigenvalue weighted by atomic mass is 32.2. The zero-order chi connectivity index (χ0) is 21.0. The van der Waals surface area contributed by atoms with Gasteiger partial charge < -0.3 is 5.32 Å². The van der Waals surface area contributed by atoms with E-state index in [0.717, 1.165) is 17.8 Å². The second kappa shape index (κ2) is 8.62. The average molecular weight is 432 g/mol. The second-order valence-electron chi connectivity index (χ2n) is 6.30. The van der Waals surface area contributed by atoms with E-state index in [2.05, 4.69) is 16.6 Å². The number of aromatic nitrogens is 1. The number of nitrogens with zero attached hydrogens (tertiary/aromatic N) is 1. The van der Waals surface area contributed by atoms with E-state index < -0.39 is 15.9 Å². The van der Waals surface area contributed by atoms with Crippen LogP contribution < -0.4 is 14.9 Å². The Bertz CT molecular complexity index is 1230. The Hall–Kier alpha value is -2.91. The van der Waals surface area contributed by atoms with E-state index in [1.807, 2.05) is 6.92 Å². The number of anilines is 1. The summed E-state index contributed by atoms with van der Waals surface area (Å²) >= 11 is 1.01. The molecular weight excluding hydrogens is 410 g/mol. The third-order valence-electron chi connectivity index (χ3n) is 4.22. The molecule has 0 saturated carbocycles. The van der Waals surface area contributed by atoms with Gasteiger partial charge in [0.05, 0.1) is 26.4 Å². The molecule has 9 heteroatoms. The number of sulfonamides is 1. The smallest absolute Gasteiger partial charge is 0.308 e. The predicted octanol–water partition coefficient (Wildman–Crippen LogP) is 3.19. The number of aryl methyl sites for hydroxylation is 1. The summed E-state index contributed by atoms with van der Waals surface area (Å²) < 4.78 is 30.5. The lowest BCUT2D eigenvalue weighted by molar-refractivity contribution is 0.0959. The van der Waals surface area contributed by atoms with Crippen LogP contribution in [0.2, 0.25) is 0 Å². The molecule has 29 heavy (non-hydrogen) atoms. The summed E-state index contributed by atoms with van der Waals surface area (Å²) in [4.78, 5) is 24.4. The van der Waals surface area contributed by atoms with Crippen LogP contribution in [0.1, 0.15) is 23.7 Å². The molecule has 0 saturated heterocycles. The van der Waals surface area contributed by atoms with Gasteiger partial charge in [0, 0.05) is 13.1 Å². The van der Waals surface area contributed by atoms with E-state index in [4.69, 9.17) is 0 Å². The van der Waals surface area contributed by atoms with E-state index in [-0.39, 0.29) is 27.6 Å². The molecule has 0 radical (unpaired) electrons. The first-order chi connectivity index (χ1) is 13.9. The minimum atomic E-state index is -3.95. The summed E-state index contributed by atoms with van der Waals surface area (Å²) in [7, 11) is -3.95. The minimum absolute atomic E-state index is 0.0243. The molecule has 2 N–H and O–H groups in total. The van der Waals surface area contributed by atoms with Gasteiger partial charge in [0.2, 0.25) is 0 Å². The van der Waals surface area contributed by atoms with Crippen LogP contribution in [0.4, 0.5) is 5.69 Å². The monoisotopic (exact) mass is 431 g/mol. The van der Waals surface area contributed by atoms with Crippen LogP contribution in [0.15, 0.2) is 64.8 Å². The van der Waals surface area contributed by atoms with Gasteiger partial charge in [-0.1, -0.05) is 36.5 Å². The Kier molecular flexibility index (Phi) is 6.19. The lowest BCUT2D eigenvalue weighted by Gasteiger charge is -2.12. The first kappa shape index (κ1) is 20.8. The molecule has 152 valence electrons. The Morgan fingerprint density at radius 2 is 2.00 bits per heavy atom. The zero-order valence-corrected chi connectivity index (χ0v) is 17.5. The van der Waals surface area contributed by atoms with E-state index in [0.29, 0.717) is 16.8 Å². The van der Waals surface area contributed by atoms with Crippen molar-refractivity contribution in [3.05, 3.63) is 70.4 Å². The molecule has 0 unspecified atom stereocenters. The molecule has 0 atom stereocenters. The first-order valence-corrected chi connectivity index (χ1v) is 11.3. The molecule has 0 bridgehead atoms. The fraction of sp³-hybridized carbons (Fsp3) is 0.200. The van der Waals surface area contributed by atoms with Crippen molar-refractivity contribution < 1.29 is 13.2 Å². The number of carbonyl (C=O) groups is 1. The summed E-state index contributed by atoms with van der Waals surface area (Å²) in [6.07, 6.45) is 2.34. The highest BCUT2D eigenvalue weighted by Crippen LogP contribution is 2.25. The van der Waals surface area contributed by atoms with Gasteiger partial charge in [-0.2, -0.15) is 0 Å². The average Bonchev–Trinajstić information content (AvgIpc) is 3.01. The van der Waals surface area contributed by atoms with Gasteiger partial charge in [-0.15, -0.1) is 6.58 Å². The molecule has 0 fully saturated rings. The zero-order valence-electron chi connectivity index (χ0n) is 15.8. The fourth-order valence-electron chi connectivity index (χ4n) is 2.88. The molecule has 1 aromatic heterocycles. The van der Waals surface area contributed by atoms with Crippen molar-refractivity contribution >= 4 is 43.2 Å². The number of hydrogen-bond donors (Lipinski definition) is 2. The second-order valence-corrected chi connectivity index (χ2v) is 8.97. The van der Waals surface area contributed by atoms with Crippen molar-refractivity contribution in [2.75, 3.05) is 11.3 Å². The highest BCUT2D eigenvalue weighted by molar-refractivity contribution is 7.92. The molecule has 1 heterocycles. The molecule has 1 amide bonds. The van der Waals surface area contributed by atoms with Gasteiger partial charge in [0.15, 0.2) is 0 Å². The number of benzene rings is 2. The molecule has 3 aromatic rings. The molecule has 0 spiro atoms. The standard InChI is InChI=1S/C20H21N3O4S2/c1-3-11-21-19(24)15-7-5-6-8-16(15)22-29(26,27)14-9-10-17-18(13-14)28-20(25)23(17)12-4-2/h3,5-10,13,22H,1,4,11-12H2,2H3,(H,21,24). The normalized spacial score (nSPS) is 11.3. The van der Waals surface area contributed by atoms with Crippen molar-refractivity contribution in [2.45, 2.75) is 24.8 Å². The summed E-state index contributed by atoms with van der Waals surface area (Å²) in [5.74, 6) is -0.409. The molecule has 0 aliphatic rings. The van der Waals surface area contributed by atoms with E-state index >= 15 is 0 Å². The van der Waals surface area contributed by atoms with E-state index in [1.165, 1.54) is 30.3 Å². The van der Waals surface area contributed by atoms with Gasteiger partial charge in [0.25, 0.3) is 15.9 Å². The first-order valence-electron chi connectivity index (χ1n) is 9.01. The summed E-state index contributed by atoms with van der Waals surface area (Å²) in [6, 6.07) is 10.9. The molecule has 0 aliphatic carbocycles. The molecule has 2 aromatic carbocycles. The maximum atomic E-state index is 12.9. The van der Waals surface area contributed by atoms with Crippen molar-refractivity contribution in [3.8, 4) is 0 Å². The number of nitrogens with one attached hydrogen (secondary N) is 2. The van der Waals surface area contributed by atoms with Crippen LogP contribution in [0.5, 0.6) is 0 Å². The van der Waals surface area contributed by atoms with Crippen molar-refractivity contribution in [1.29, 1.82) is 0 Å². The van der Waals surface area contributed by atoms with Crippen LogP contribution in [0.3, 0.4) is 0 Å². The van der Waals surface area contributed by atoms with Gasteiger partial charge in [0.1, 0.15) is 0 Å². The summed E-state index contributed by atoms with van der Waals surface area (Å²) in [5.41, 5.74) is 1.09. The maximum Gasteiger partial charge on any atom is 0.308 e. The van der Waals surface area contributed by atoms with Crippen LogP contribution in [-0.2, 0) is 16.6 Å². The topological polar surface area (TPSA) is 97.3 Å². The van der Waals surface area contributed by atoms with Crippen molar-refractivity contribution in [1.82, 2.24) is 9.88 Å². The number of thiazole rings is 1. The van der Waals surface area contributed by atoms with Gasteiger partial charge in [-0.05, 0) is 36.8 Å². The predicted molar refractivity (Wildman–Crippen MR) is 116 cm³/mol. The third kappa shape index (κ3) is 4.41. The third-order valence-corrected chi connectivity index (χ3v) is 6.53. The lowest BCUT2D eigenvalue weighted by atomic mass is 10.1. The summed E-state index contributed by atoms with van der Waals surface area (Å²) in [5, 5.41) is 2.63. The number of amides is 1. The Balaban J connectivity index is 1.95. The van der Waals surface area contributed by atoms with Gasteiger partial charge in [-0.3, -0.25) is 18.9 Å². The number of fused-ring (bicyclic) bond motifs is 1. The molecule has 0 aliphatic heterocycles. The largest absolute Gasteiger partial charge is 0.349 e. The van der Waals surface area contributed by atoms with E-state index in [9.17, 15) is 18.0 Å². The van der Waals surface area contributed by atoms with Crippen LogP contribution in [-0.4, -0.2) is 25.4 Å². The quantitative estimate of drug-likeness (QED) is 0.535. The van der Waals surface area contributed by atoms with Gasteiger partial charge in [-0.25, -0.2) is 8.42 Å². The lowest BCUT2D eigenvalue weighted by Crippen LogP contribution is -2.25. The Morgan fingerprint density at radius 1 is 1.24 bits per heavy atom. The van der Waals surface area contributed by atoms with Gasteiger partial charge >= 0.3 is 4.87 Å². The van der Waals surface area contributed by atoms with E-state index in [1.54, 1.807) is 22.8 Å². The highest BCUT2D eigenvalue weighted by Gasteiger charge is 2.20. The van der Waals surface area contributed by atoms with Crippen molar-refractivity contribution in [3.63, 3.8) is 0 Å². The van der Waals surface area contributed by atoms with Crippen molar-refractivity contribution in [2.24, 2.45) is 0 Å². The Labute approximate surface area is 172 Å². The minimum Gasteiger partial charge on any atom is -0.349 e. The van der Waals surface area contributed by atoms with Crippen LogP contribution in [0.25, 0.3) is 10.2 Å². The van der Waals surface area contributed by atoms with Crippen LogP contribution in [0, 0.1) is 0 Å². The van der Waals surface area contributed by atoms with Crippen LogP contribution >= 0.6 is 11.3 Å². The molecule has 7 nitrogen and oxygen atoms in total. The number of para-hydroxylation sites is 1.